The number of rotatable bonds is 5. The van der Waals surface area contributed by atoms with Crippen molar-refractivity contribution in [1.82, 2.24) is 0 Å². The first-order valence-electron chi connectivity index (χ1n) is 4.90. The molecule has 0 aliphatic heterocycles. The number of benzene rings is 1. The Kier molecular flexibility index (Phi) is 4.55. The Morgan fingerprint density at radius 3 is 2.80 bits per heavy atom. The molecule has 15 heavy (non-hydrogen) atoms. The fourth-order valence-corrected chi connectivity index (χ4v) is 1.13. The predicted molar refractivity (Wildman–Crippen MR) is 57.6 cm³/mol. The van der Waals surface area contributed by atoms with Crippen LogP contribution in [0, 0.1) is 0 Å². The summed E-state index contributed by atoms with van der Waals surface area (Å²) >= 11 is 0. The lowest BCUT2D eigenvalue weighted by Crippen LogP contribution is -2.21. The molecule has 0 heterocycles. The van der Waals surface area contributed by atoms with Gasteiger partial charge in [0.1, 0.15) is 18.5 Å². The second-order valence-electron chi connectivity index (χ2n) is 3.51. The van der Waals surface area contributed by atoms with Crippen LogP contribution in [-0.4, -0.2) is 29.5 Å². The number of ether oxygens (including phenoxy) is 1. The van der Waals surface area contributed by atoms with Crippen molar-refractivity contribution in [2.45, 2.75) is 19.1 Å². The molecule has 1 aromatic carbocycles. The summed E-state index contributed by atoms with van der Waals surface area (Å²) in [6, 6.07) is 7.33. The molecule has 0 aliphatic carbocycles. The highest BCUT2D eigenvalue weighted by molar-refractivity contribution is 5.30. The molecule has 1 unspecified atom stereocenters. The monoisotopic (exact) mass is 211 g/mol. The van der Waals surface area contributed by atoms with Gasteiger partial charge in [-0.2, -0.15) is 0 Å². The van der Waals surface area contributed by atoms with E-state index >= 15 is 0 Å². The maximum atomic E-state index is 9.10. The van der Waals surface area contributed by atoms with Gasteiger partial charge in [0.05, 0.1) is 6.61 Å². The lowest BCUT2D eigenvalue weighted by Gasteiger charge is -2.12. The molecule has 0 spiro atoms. The summed E-state index contributed by atoms with van der Waals surface area (Å²) in [7, 11) is 0. The van der Waals surface area contributed by atoms with Crippen molar-refractivity contribution < 1.29 is 14.9 Å². The Morgan fingerprint density at radius 1 is 1.47 bits per heavy atom. The topological polar surface area (TPSA) is 75.7 Å². The van der Waals surface area contributed by atoms with E-state index in [1.165, 1.54) is 0 Å². The van der Waals surface area contributed by atoms with E-state index in [-0.39, 0.29) is 19.3 Å². The molecule has 0 amide bonds. The average molecular weight is 211 g/mol. The quantitative estimate of drug-likeness (QED) is 0.660. The Labute approximate surface area is 89.3 Å². The van der Waals surface area contributed by atoms with Crippen LogP contribution in [0.5, 0.6) is 5.75 Å². The average Bonchev–Trinajstić information content (AvgIpc) is 2.26. The summed E-state index contributed by atoms with van der Waals surface area (Å²) in [6.07, 6.45) is -0.844. The van der Waals surface area contributed by atoms with Gasteiger partial charge in [-0.3, -0.25) is 0 Å². The fraction of sp³-hybridized carbons (Fsp3) is 0.455. The number of hydrogen-bond acceptors (Lipinski definition) is 4. The van der Waals surface area contributed by atoms with Crippen molar-refractivity contribution in [3.05, 3.63) is 29.8 Å². The summed E-state index contributed by atoms with van der Waals surface area (Å²) in [5.74, 6) is 0.650. The summed E-state index contributed by atoms with van der Waals surface area (Å²) in [6.45, 7) is 1.67. The van der Waals surface area contributed by atoms with Gasteiger partial charge in [-0.25, -0.2) is 0 Å². The van der Waals surface area contributed by atoms with E-state index in [0.717, 1.165) is 5.56 Å². The molecule has 0 radical (unpaired) electrons. The number of hydrogen-bond donors (Lipinski definition) is 3. The van der Waals surface area contributed by atoms with E-state index in [2.05, 4.69) is 0 Å². The van der Waals surface area contributed by atoms with Crippen molar-refractivity contribution in [3.63, 3.8) is 0 Å². The predicted octanol–water partition coefficient (Wildman–Crippen LogP) is 0.438. The molecule has 0 bridgehead atoms. The van der Waals surface area contributed by atoms with Crippen LogP contribution < -0.4 is 10.5 Å². The van der Waals surface area contributed by atoms with Gasteiger partial charge in [-0.15, -0.1) is 0 Å². The van der Waals surface area contributed by atoms with Crippen molar-refractivity contribution in [2.24, 2.45) is 5.73 Å². The Bertz CT molecular complexity index is 302. The van der Waals surface area contributed by atoms with Crippen LogP contribution in [0.2, 0.25) is 0 Å². The molecular formula is C11H17NO3. The fourth-order valence-electron chi connectivity index (χ4n) is 1.13. The van der Waals surface area contributed by atoms with Crippen molar-refractivity contribution >= 4 is 0 Å². The minimum Gasteiger partial charge on any atom is -0.491 e. The van der Waals surface area contributed by atoms with Crippen LogP contribution in [0.1, 0.15) is 18.5 Å². The minimum atomic E-state index is -0.844. The molecule has 2 atom stereocenters. The summed E-state index contributed by atoms with van der Waals surface area (Å²) in [5, 5.41) is 17.7. The van der Waals surface area contributed by atoms with Gasteiger partial charge in [0.15, 0.2) is 0 Å². The molecule has 84 valence electrons. The largest absolute Gasteiger partial charge is 0.491 e. The van der Waals surface area contributed by atoms with E-state index in [1.54, 1.807) is 6.07 Å². The SMILES string of the molecule is C[C@H](N)c1cccc(OCC(O)CO)c1. The van der Waals surface area contributed by atoms with Crippen molar-refractivity contribution in [2.75, 3.05) is 13.2 Å². The van der Waals surface area contributed by atoms with Crippen LogP contribution in [0.4, 0.5) is 0 Å². The second-order valence-corrected chi connectivity index (χ2v) is 3.51. The Morgan fingerprint density at radius 2 is 2.20 bits per heavy atom. The van der Waals surface area contributed by atoms with Gasteiger partial charge in [0.25, 0.3) is 0 Å². The smallest absolute Gasteiger partial charge is 0.119 e. The molecule has 0 aromatic heterocycles. The molecule has 0 saturated carbocycles. The van der Waals surface area contributed by atoms with Gasteiger partial charge in [-0.1, -0.05) is 12.1 Å². The summed E-state index contributed by atoms with van der Waals surface area (Å²) < 4.78 is 5.28. The number of nitrogens with two attached hydrogens (primary N) is 1. The summed E-state index contributed by atoms with van der Waals surface area (Å²) in [5.41, 5.74) is 6.70. The first-order valence-corrected chi connectivity index (χ1v) is 4.90. The van der Waals surface area contributed by atoms with E-state index in [1.807, 2.05) is 25.1 Å². The van der Waals surface area contributed by atoms with E-state index in [9.17, 15) is 0 Å². The zero-order valence-corrected chi connectivity index (χ0v) is 8.76. The van der Waals surface area contributed by atoms with Gasteiger partial charge in [0, 0.05) is 6.04 Å². The maximum Gasteiger partial charge on any atom is 0.119 e. The van der Waals surface area contributed by atoms with Crippen LogP contribution in [-0.2, 0) is 0 Å². The van der Waals surface area contributed by atoms with E-state index in [4.69, 9.17) is 20.7 Å². The molecule has 0 fully saturated rings. The molecule has 1 rings (SSSR count). The molecule has 0 saturated heterocycles. The zero-order valence-electron chi connectivity index (χ0n) is 8.76. The van der Waals surface area contributed by atoms with Gasteiger partial charge in [0.2, 0.25) is 0 Å². The molecule has 4 nitrogen and oxygen atoms in total. The lowest BCUT2D eigenvalue weighted by molar-refractivity contribution is 0.0536. The third-order valence-corrected chi connectivity index (χ3v) is 2.04. The normalized spacial score (nSPS) is 14.7. The highest BCUT2D eigenvalue weighted by atomic mass is 16.5. The minimum absolute atomic E-state index is 0.0451. The highest BCUT2D eigenvalue weighted by Gasteiger charge is 2.04. The molecule has 0 aliphatic rings. The first kappa shape index (κ1) is 12.0. The van der Waals surface area contributed by atoms with Crippen molar-refractivity contribution in [3.8, 4) is 5.75 Å². The Balaban J connectivity index is 2.58. The third kappa shape index (κ3) is 3.87. The standard InChI is InChI=1S/C11H17NO3/c1-8(12)9-3-2-4-11(5-9)15-7-10(14)6-13/h2-5,8,10,13-14H,6-7,12H2,1H3/t8-,10?/m0/s1. The van der Waals surface area contributed by atoms with Crippen LogP contribution >= 0.6 is 0 Å². The molecule has 1 aromatic rings. The number of aliphatic hydroxyl groups is 2. The molecular weight excluding hydrogens is 194 g/mol. The van der Waals surface area contributed by atoms with Crippen LogP contribution in [0.3, 0.4) is 0 Å². The lowest BCUT2D eigenvalue weighted by atomic mass is 10.1. The van der Waals surface area contributed by atoms with Gasteiger partial charge >= 0.3 is 0 Å². The first-order chi connectivity index (χ1) is 7.13. The number of aliphatic hydroxyl groups excluding tert-OH is 2. The third-order valence-electron chi connectivity index (χ3n) is 2.04. The van der Waals surface area contributed by atoms with Gasteiger partial charge in [-0.05, 0) is 24.6 Å². The van der Waals surface area contributed by atoms with Crippen molar-refractivity contribution in [1.29, 1.82) is 0 Å². The summed E-state index contributed by atoms with van der Waals surface area (Å²) in [4.78, 5) is 0. The zero-order chi connectivity index (χ0) is 11.3. The van der Waals surface area contributed by atoms with Crippen LogP contribution in [0.15, 0.2) is 24.3 Å². The second kappa shape index (κ2) is 5.70. The highest BCUT2D eigenvalue weighted by Crippen LogP contribution is 2.17. The van der Waals surface area contributed by atoms with E-state index < -0.39 is 6.10 Å². The Hall–Kier alpha value is -1.10. The van der Waals surface area contributed by atoms with E-state index in [0.29, 0.717) is 5.75 Å². The van der Waals surface area contributed by atoms with Gasteiger partial charge < -0.3 is 20.7 Å². The maximum absolute atomic E-state index is 9.10. The van der Waals surface area contributed by atoms with Crippen LogP contribution in [0.25, 0.3) is 0 Å². The molecule has 4 N–H and O–H groups in total. The molecule has 4 heteroatoms.